The van der Waals surface area contributed by atoms with E-state index in [1.807, 2.05) is 19.9 Å². The summed E-state index contributed by atoms with van der Waals surface area (Å²) in [6, 6.07) is 6.85. The van der Waals surface area contributed by atoms with E-state index >= 15 is 0 Å². The van der Waals surface area contributed by atoms with Crippen LogP contribution in [0, 0.1) is 24.4 Å². The third-order valence-electron chi connectivity index (χ3n) is 3.25. The standard InChI is InChI=1S/C16H15ClF3N/c1-3-21-16(10-5-4-9(2)8-12(10)17)11-6-7-13(18)15(20)14(11)19/h4-8,16,21H,3H2,1-2H3. The Bertz CT molecular complexity index is 658. The van der Waals surface area contributed by atoms with Gasteiger partial charge in [0.05, 0.1) is 6.04 Å². The average Bonchev–Trinajstić information content (AvgIpc) is 2.44. The van der Waals surface area contributed by atoms with Crippen molar-refractivity contribution in [3.8, 4) is 0 Å². The third kappa shape index (κ3) is 3.22. The van der Waals surface area contributed by atoms with Gasteiger partial charge in [-0.2, -0.15) is 0 Å². The van der Waals surface area contributed by atoms with Crippen molar-refractivity contribution in [2.75, 3.05) is 6.54 Å². The van der Waals surface area contributed by atoms with E-state index in [0.717, 1.165) is 11.6 Å². The molecule has 1 atom stereocenters. The summed E-state index contributed by atoms with van der Waals surface area (Å²) >= 11 is 6.20. The van der Waals surface area contributed by atoms with E-state index in [1.54, 1.807) is 12.1 Å². The predicted octanol–water partition coefficient (Wildman–Crippen LogP) is 4.76. The second-order valence-corrected chi connectivity index (χ2v) is 5.19. The van der Waals surface area contributed by atoms with Crippen LogP contribution >= 0.6 is 11.6 Å². The molecular weight excluding hydrogens is 299 g/mol. The topological polar surface area (TPSA) is 12.0 Å². The van der Waals surface area contributed by atoms with Crippen molar-refractivity contribution in [3.05, 3.63) is 69.5 Å². The van der Waals surface area contributed by atoms with Crippen LogP contribution in [0.15, 0.2) is 30.3 Å². The van der Waals surface area contributed by atoms with Gasteiger partial charge in [-0.25, -0.2) is 13.2 Å². The van der Waals surface area contributed by atoms with Gasteiger partial charge in [0.15, 0.2) is 17.5 Å². The molecule has 21 heavy (non-hydrogen) atoms. The first-order valence-corrected chi connectivity index (χ1v) is 6.96. The van der Waals surface area contributed by atoms with Gasteiger partial charge in [0.2, 0.25) is 0 Å². The largest absolute Gasteiger partial charge is 0.306 e. The lowest BCUT2D eigenvalue weighted by atomic mass is 9.97. The van der Waals surface area contributed by atoms with Crippen LogP contribution in [0.3, 0.4) is 0 Å². The minimum Gasteiger partial charge on any atom is -0.306 e. The first-order valence-electron chi connectivity index (χ1n) is 6.58. The molecule has 1 unspecified atom stereocenters. The van der Waals surface area contributed by atoms with Crippen molar-refractivity contribution in [1.29, 1.82) is 0 Å². The summed E-state index contributed by atoms with van der Waals surface area (Å²) in [5, 5.41) is 3.50. The zero-order valence-electron chi connectivity index (χ0n) is 11.7. The molecule has 0 aliphatic rings. The maximum atomic E-state index is 14.0. The molecule has 0 fully saturated rings. The van der Waals surface area contributed by atoms with E-state index in [9.17, 15) is 13.2 Å². The molecule has 0 radical (unpaired) electrons. The van der Waals surface area contributed by atoms with Crippen LogP contribution in [-0.4, -0.2) is 6.54 Å². The number of nitrogens with one attached hydrogen (secondary N) is 1. The highest BCUT2D eigenvalue weighted by atomic mass is 35.5. The minimum atomic E-state index is -1.47. The molecule has 0 amide bonds. The van der Waals surface area contributed by atoms with Crippen LogP contribution in [-0.2, 0) is 0 Å². The summed E-state index contributed by atoms with van der Waals surface area (Å²) in [6.45, 7) is 4.25. The molecule has 0 saturated carbocycles. The molecule has 1 nitrogen and oxygen atoms in total. The summed E-state index contributed by atoms with van der Waals surface area (Å²) in [7, 11) is 0. The minimum absolute atomic E-state index is 0.0292. The predicted molar refractivity (Wildman–Crippen MR) is 78.0 cm³/mol. The second kappa shape index (κ2) is 6.50. The number of rotatable bonds is 4. The lowest BCUT2D eigenvalue weighted by Gasteiger charge is -2.21. The van der Waals surface area contributed by atoms with E-state index < -0.39 is 23.5 Å². The van der Waals surface area contributed by atoms with Gasteiger partial charge < -0.3 is 5.32 Å². The van der Waals surface area contributed by atoms with Crippen molar-refractivity contribution >= 4 is 11.6 Å². The van der Waals surface area contributed by atoms with Gasteiger partial charge in [0, 0.05) is 10.6 Å². The zero-order chi connectivity index (χ0) is 15.6. The molecular formula is C16H15ClF3N. The van der Waals surface area contributed by atoms with Crippen molar-refractivity contribution < 1.29 is 13.2 Å². The Hall–Kier alpha value is -1.52. The molecule has 0 aliphatic carbocycles. The Balaban J connectivity index is 2.56. The van der Waals surface area contributed by atoms with Crippen molar-refractivity contribution in [3.63, 3.8) is 0 Å². The maximum Gasteiger partial charge on any atom is 0.194 e. The Morgan fingerprint density at radius 2 is 1.71 bits per heavy atom. The molecule has 0 aromatic heterocycles. The fourth-order valence-electron chi connectivity index (χ4n) is 2.22. The first-order chi connectivity index (χ1) is 9.95. The molecule has 0 heterocycles. The number of hydrogen-bond donors (Lipinski definition) is 1. The smallest absolute Gasteiger partial charge is 0.194 e. The summed E-state index contributed by atoms with van der Waals surface area (Å²) in [6.07, 6.45) is 0. The summed E-state index contributed by atoms with van der Waals surface area (Å²) in [5.41, 5.74) is 1.61. The Labute approximate surface area is 126 Å². The molecule has 0 spiro atoms. The van der Waals surface area contributed by atoms with E-state index in [2.05, 4.69) is 5.32 Å². The molecule has 1 N–H and O–H groups in total. The Morgan fingerprint density at radius 3 is 2.33 bits per heavy atom. The Morgan fingerprint density at radius 1 is 1.05 bits per heavy atom. The third-order valence-corrected chi connectivity index (χ3v) is 3.58. The molecule has 2 rings (SSSR count). The van der Waals surface area contributed by atoms with Crippen LogP contribution in [0.1, 0.15) is 29.7 Å². The number of hydrogen-bond acceptors (Lipinski definition) is 1. The van der Waals surface area contributed by atoms with Gasteiger partial charge in [0.1, 0.15) is 0 Å². The molecule has 0 aliphatic heterocycles. The van der Waals surface area contributed by atoms with Gasteiger partial charge in [0.25, 0.3) is 0 Å². The van der Waals surface area contributed by atoms with Crippen molar-refractivity contribution in [2.24, 2.45) is 0 Å². The number of halogens is 4. The van der Waals surface area contributed by atoms with Crippen LogP contribution in [0.5, 0.6) is 0 Å². The SMILES string of the molecule is CCNC(c1ccc(C)cc1Cl)c1ccc(F)c(F)c1F. The monoisotopic (exact) mass is 313 g/mol. The quantitative estimate of drug-likeness (QED) is 0.802. The summed E-state index contributed by atoms with van der Waals surface area (Å²) in [4.78, 5) is 0. The van der Waals surface area contributed by atoms with Crippen molar-refractivity contribution in [2.45, 2.75) is 19.9 Å². The highest BCUT2D eigenvalue weighted by Gasteiger charge is 2.23. The van der Waals surface area contributed by atoms with Gasteiger partial charge in [-0.15, -0.1) is 0 Å². The molecule has 0 saturated heterocycles. The maximum absolute atomic E-state index is 14.0. The first kappa shape index (κ1) is 15.9. The van der Waals surface area contributed by atoms with Crippen LogP contribution in [0.25, 0.3) is 0 Å². The second-order valence-electron chi connectivity index (χ2n) is 4.78. The van der Waals surface area contributed by atoms with Crippen molar-refractivity contribution in [1.82, 2.24) is 5.32 Å². The van der Waals surface area contributed by atoms with Crippen LogP contribution in [0.4, 0.5) is 13.2 Å². The van der Waals surface area contributed by atoms with Gasteiger partial charge in [-0.1, -0.05) is 36.7 Å². The van der Waals surface area contributed by atoms with Gasteiger partial charge in [-0.05, 0) is 36.7 Å². The van der Waals surface area contributed by atoms with Crippen LogP contribution in [0.2, 0.25) is 5.02 Å². The summed E-state index contributed by atoms with van der Waals surface area (Å²) < 4.78 is 40.6. The fourth-order valence-corrected chi connectivity index (χ4v) is 2.57. The van der Waals surface area contributed by atoms with Gasteiger partial charge in [-0.3, -0.25) is 0 Å². The van der Waals surface area contributed by atoms with E-state index in [4.69, 9.17) is 11.6 Å². The Kier molecular flexibility index (Phi) is 4.91. The average molecular weight is 314 g/mol. The highest BCUT2D eigenvalue weighted by molar-refractivity contribution is 6.31. The highest BCUT2D eigenvalue weighted by Crippen LogP contribution is 2.31. The van der Waals surface area contributed by atoms with Gasteiger partial charge >= 0.3 is 0 Å². The van der Waals surface area contributed by atoms with E-state index in [0.29, 0.717) is 17.1 Å². The molecule has 112 valence electrons. The normalized spacial score (nSPS) is 12.5. The molecule has 0 bridgehead atoms. The molecule has 2 aromatic carbocycles. The zero-order valence-corrected chi connectivity index (χ0v) is 12.4. The number of aryl methyl sites for hydroxylation is 1. The fraction of sp³-hybridized carbons (Fsp3) is 0.250. The molecule has 2 aromatic rings. The van der Waals surface area contributed by atoms with Crippen LogP contribution < -0.4 is 5.32 Å². The van der Waals surface area contributed by atoms with E-state index in [1.165, 1.54) is 6.07 Å². The molecule has 5 heteroatoms. The lowest BCUT2D eigenvalue weighted by Crippen LogP contribution is -2.24. The number of benzene rings is 2. The lowest BCUT2D eigenvalue weighted by molar-refractivity contribution is 0.433. The van der Waals surface area contributed by atoms with E-state index in [-0.39, 0.29) is 5.56 Å². The summed E-state index contributed by atoms with van der Waals surface area (Å²) in [5.74, 6) is -3.88.